The van der Waals surface area contributed by atoms with Gasteiger partial charge in [0.15, 0.2) is 10.8 Å². The zero-order valence-electron chi connectivity index (χ0n) is 8.57. The standard InChI is InChI=1S/C9H9F3N2O2S/c10-9(11,12)6-4-17-8(13-6)14-2-1-5(3-14)7(15)16/h4-5H,1-3H2,(H,15,16). The number of aromatic nitrogens is 1. The summed E-state index contributed by atoms with van der Waals surface area (Å²) in [4.78, 5) is 15.8. The van der Waals surface area contributed by atoms with Crippen molar-refractivity contribution in [3.05, 3.63) is 11.1 Å². The van der Waals surface area contributed by atoms with Crippen molar-refractivity contribution in [2.75, 3.05) is 18.0 Å². The first-order valence-corrected chi connectivity index (χ1v) is 5.76. The van der Waals surface area contributed by atoms with Gasteiger partial charge in [-0.3, -0.25) is 4.79 Å². The largest absolute Gasteiger partial charge is 0.481 e. The minimum absolute atomic E-state index is 0.222. The third kappa shape index (κ3) is 2.51. The summed E-state index contributed by atoms with van der Waals surface area (Å²) >= 11 is 0.889. The van der Waals surface area contributed by atoms with Gasteiger partial charge < -0.3 is 10.0 Å². The molecule has 1 aliphatic rings. The van der Waals surface area contributed by atoms with Crippen LogP contribution in [0, 0.1) is 5.92 Å². The molecule has 2 rings (SSSR count). The third-order valence-corrected chi connectivity index (χ3v) is 3.49. The monoisotopic (exact) mass is 266 g/mol. The number of nitrogens with zero attached hydrogens (tertiary/aromatic N) is 2. The van der Waals surface area contributed by atoms with E-state index in [1.54, 1.807) is 4.90 Å². The Balaban J connectivity index is 2.10. The Morgan fingerprint density at radius 2 is 2.29 bits per heavy atom. The topological polar surface area (TPSA) is 53.4 Å². The SMILES string of the molecule is O=C(O)C1CCN(c2nc(C(F)(F)F)cs2)C1. The van der Waals surface area contributed by atoms with E-state index in [-0.39, 0.29) is 11.7 Å². The highest BCUT2D eigenvalue weighted by atomic mass is 32.1. The van der Waals surface area contributed by atoms with E-state index in [1.807, 2.05) is 0 Å². The Morgan fingerprint density at radius 3 is 2.76 bits per heavy atom. The van der Waals surface area contributed by atoms with Crippen molar-refractivity contribution in [2.24, 2.45) is 5.92 Å². The Hall–Kier alpha value is -1.31. The average molecular weight is 266 g/mol. The molecule has 0 aromatic carbocycles. The first-order chi connectivity index (χ1) is 7.88. The first-order valence-electron chi connectivity index (χ1n) is 4.88. The van der Waals surface area contributed by atoms with Crippen LogP contribution in [0.3, 0.4) is 0 Å². The van der Waals surface area contributed by atoms with Gasteiger partial charge >= 0.3 is 12.1 Å². The number of hydrogen-bond donors (Lipinski definition) is 1. The summed E-state index contributed by atoms with van der Waals surface area (Å²) in [7, 11) is 0. The van der Waals surface area contributed by atoms with Crippen LogP contribution in [0.25, 0.3) is 0 Å². The molecular formula is C9H9F3N2O2S. The second-order valence-electron chi connectivity index (χ2n) is 3.78. The highest BCUT2D eigenvalue weighted by Gasteiger charge is 2.36. The van der Waals surface area contributed by atoms with Crippen molar-refractivity contribution in [3.63, 3.8) is 0 Å². The van der Waals surface area contributed by atoms with Crippen LogP contribution in [0.5, 0.6) is 0 Å². The molecule has 1 N–H and O–H groups in total. The zero-order valence-corrected chi connectivity index (χ0v) is 9.38. The summed E-state index contributed by atoms with van der Waals surface area (Å²) in [6, 6.07) is 0. The van der Waals surface area contributed by atoms with Gasteiger partial charge in [-0.05, 0) is 6.42 Å². The maximum atomic E-state index is 12.3. The Bertz CT molecular complexity index is 432. The van der Waals surface area contributed by atoms with Crippen LogP contribution >= 0.6 is 11.3 Å². The molecule has 8 heteroatoms. The number of rotatable bonds is 2. The number of hydrogen-bond acceptors (Lipinski definition) is 4. The molecule has 1 aliphatic heterocycles. The predicted molar refractivity (Wildman–Crippen MR) is 55.1 cm³/mol. The number of anilines is 1. The smallest absolute Gasteiger partial charge is 0.434 e. The Morgan fingerprint density at radius 1 is 1.59 bits per heavy atom. The molecule has 1 aromatic heterocycles. The van der Waals surface area contributed by atoms with Gasteiger partial charge in [0.2, 0.25) is 0 Å². The van der Waals surface area contributed by atoms with Crippen LogP contribution in [-0.4, -0.2) is 29.1 Å². The summed E-state index contributed by atoms with van der Waals surface area (Å²) in [6.07, 6.45) is -4.00. The molecule has 1 unspecified atom stereocenters. The number of alkyl halides is 3. The number of carboxylic acids is 1. The molecule has 17 heavy (non-hydrogen) atoms. The second kappa shape index (κ2) is 4.17. The Labute approximate surface area is 98.7 Å². The predicted octanol–water partition coefficient (Wildman–Crippen LogP) is 2.07. The van der Waals surface area contributed by atoms with Crippen LogP contribution in [0.2, 0.25) is 0 Å². The maximum absolute atomic E-state index is 12.3. The summed E-state index contributed by atoms with van der Waals surface area (Å²) in [5.74, 6) is -1.44. The molecule has 0 bridgehead atoms. The molecule has 0 saturated carbocycles. The molecule has 94 valence electrons. The lowest BCUT2D eigenvalue weighted by Crippen LogP contribution is -2.22. The van der Waals surface area contributed by atoms with E-state index in [0.29, 0.717) is 13.0 Å². The highest BCUT2D eigenvalue weighted by Crippen LogP contribution is 2.34. The van der Waals surface area contributed by atoms with E-state index in [1.165, 1.54) is 0 Å². The zero-order chi connectivity index (χ0) is 12.6. The number of halogens is 3. The van der Waals surface area contributed by atoms with E-state index in [9.17, 15) is 18.0 Å². The molecule has 0 radical (unpaired) electrons. The summed E-state index contributed by atoms with van der Waals surface area (Å²) in [5, 5.41) is 9.97. The van der Waals surface area contributed by atoms with E-state index in [0.717, 1.165) is 16.7 Å². The number of aliphatic carboxylic acids is 1. The van der Waals surface area contributed by atoms with Crippen molar-refractivity contribution < 1.29 is 23.1 Å². The van der Waals surface area contributed by atoms with Crippen molar-refractivity contribution in [1.29, 1.82) is 0 Å². The molecule has 0 amide bonds. The molecular weight excluding hydrogens is 257 g/mol. The fourth-order valence-electron chi connectivity index (χ4n) is 1.68. The van der Waals surface area contributed by atoms with Gasteiger partial charge in [-0.1, -0.05) is 0 Å². The van der Waals surface area contributed by atoms with Crippen LogP contribution in [0.1, 0.15) is 12.1 Å². The van der Waals surface area contributed by atoms with Gasteiger partial charge in [0.25, 0.3) is 0 Å². The van der Waals surface area contributed by atoms with Gasteiger partial charge in [0.05, 0.1) is 5.92 Å². The fourth-order valence-corrected chi connectivity index (χ4v) is 2.54. The normalized spacial score (nSPS) is 20.9. The molecule has 0 spiro atoms. The minimum atomic E-state index is -4.44. The maximum Gasteiger partial charge on any atom is 0.434 e. The number of thiazole rings is 1. The first kappa shape index (κ1) is 12.2. The van der Waals surface area contributed by atoms with E-state index < -0.39 is 23.8 Å². The number of carboxylic acid groups (broad SMARTS) is 1. The lowest BCUT2D eigenvalue weighted by atomic mass is 10.1. The lowest BCUT2D eigenvalue weighted by molar-refractivity contribution is -0.141. The van der Waals surface area contributed by atoms with Crippen molar-refractivity contribution >= 4 is 22.4 Å². The van der Waals surface area contributed by atoms with Gasteiger partial charge in [0.1, 0.15) is 0 Å². The fraction of sp³-hybridized carbons (Fsp3) is 0.556. The van der Waals surface area contributed by atoms with Gasteiger partial charge in [-0.2, -0.15) is 13.2 Å². The highest BCUT2D eigenvalue weighted by molar-refractivity contribution is 7.13. The van der Waals surface area contributed by atoms with Crippen molar-refractivity contribution in [1.82, 2.24) is 4.98 Å². The van der Waals surface area contributed by atoms with Gasteiger partial charge in [-0.15, -0.1) is 11.3 Å². The molecule has 2 heterocycles. The quantitative estimate of drug-likeness (QED) is 0.890. The summed E-state index contributed by atoms with van der Waals surface area (Å²) in [5.41, 5.74) is -0.920. The average Bonchev–Trinajstić information content (AvgIpc) is 2.85. The van der Waals surface area contributed by atoms with Gasteiger partial charge in [-0.25, -0.2) is 4.98 Å². The van der Waals surface area contributed by atoms with Crippen LogP contribution in [-0.2, 0) is 11.0 Å². The van der Waals surface area contributed by atoms with Crippen LogP contribution in [0.15, 0.2) is 5.38 Å². The van der Waals surface area contributed by atoms with E-state index >= 15 is 0 Å². The second-order valence-corrected chi connectivity index (χ2v) is 4.62. The molecule has 4 nitrogen and oxygen atoms in total. The van der Waals surface area contributed by atoms with Crippen molar-refractivity contribution in [3.8, 4) is 0 Å². The van der Waals surface area contributed by atoms with Gasteiger partial charge in [0, 0.05) is 18.5 Å². The van der Waals surface area contributed by atoms with E-state index in [2.05, 4.69) is 4.98 Å². The molecule has 0 aliphatic carbocycles. The van der Waals surface area contributed by atoms with Crippen LogP contribution < -0.4 is 4.90 Å². The van der Waals surface area contributed by atoms with E-state index in [4.69, 9.17) is 5.11 Å². The molecule has 1 fully saturated rings. The van der Waals surface area contributed by atoms with Crippen molar-refractivity contribution in [2.45, 2.75) is 12.6 Å². The van der Waals surface area contributed by atoms with Crippen LogP contribution in [0.4, 0.5) is 18.3 Å². The summed E-state index contributed by atoms with van der Waals surface area (Å²) < 4.78 is 37.0. The molecule has 1 atom stereocenters. The molecule has 1 aromatic rings. The molecule has 1 saturated heterocycles. The summed E-state index contributed by atoms with van der Waals surface area (Å²) in [6.45, 7) is 0.655. The lowest BCUT2D eigenvalue weighted by Gasteiger charge is -2.13. The third-order valence-electron chi connectivity index (χ3n) is 2.59. The number of carbonyl (C=O) groups is 1. The minimum Gasteiger partial charge on any atom is -0.481 e. The Kier molecular flexibility index (Phi) is 2.98.